The van der Waals surface area contributed by atoms with E-state index in [0.29, 0.717) is 18.7 Å². The number of carbonyl (C=O) groups excluding carboxylic acids is 1. The number of hydrogen-bond donors (Lipinski definition) is 1. The van der Waals surface area contributed by atoms with Gasteiger partial charge in [0, 0.05) is 24.3 Å². The highest BCUT2D eigenvalue weighted by Gasteiger charge is 2.21. The molecule has 1 heterocycles. The van der Waals surface area contributed by atoms with E-state index in [1.54, 1.807) is 17.0 Å². The Bertz CT molecular complexity index is 952. The number of rotatable bonds is 3. The number of benzene rings is 3. The molecule has 0 spiro atoms. The Kier molecular flexibility index (Phi) is 4.29. The molecule has 3 aromatic carbocycles. The molecule has 1 N–H and O–H groups in total. The molecule has 1 amide bonds. The van der Waals surface area contributed by atoms with Crippen molar-refractivity contribution in [3.05, 3.63) is 71.8 Å². The fourth-order valence-corrected chi connectivity index (χ4v) is 3.50. The predicted molar refractivity (Wildman–Crippen MR) is 99.7 cm³/mol. The van der Waals surface area contributed by atoms with E-state index in [9.17, 15) is 13.6 Å². The third kappa shape index (κ3) is 3.01. The molecule has 0 bridgehead atoms. The zero-order valence-corrected chi connectivity index (χ0v) is 14.1. The monoisotopic (exact) mass is 352 g/mol. The first-order valence-corrected chi connectivity index (χ1v) is 8.66. The first kappa shape index (κ1) is 16.5. The Morgan fingerprint density at radius 2 is 1.58 bits per heavy atom. The molecule has 0 atom stereocenters. The van der Waals surface area contributed by atoms with Crippen LogP contribution < -0.4 is 10.2 Å². The van der Waals surface area contributed by atoms with Gasteiger partial charge in [0.25, 0.3) is 5.91 Å². The number of amides is 1. The molecule has 1 aliphatic rings. The maximum Gasteiger partial charge on any atom is 0.256 e. The summed E-state index contributed by atoms with van der Waals surface area (Å²) in [6.07, 6.45) is 1.86. The van der Waals surface area contributed by atoms with Gasteiger partial charge >= 0.3 is 0 Å². The molecule has 1 fully saturated rings. The van der Waals surface area contributed by atoms with Crippen LogP contribution in [0.3, 0.4) is 0 Å². The molecular weight excluding hydrogens is 334 g/mol. The van der Waals surface area contributed by atoms with Gasteiger partial charge in [-0.2, -0.15) is 0 Å². The molecule has 1 saturated heterocycles. The van der Waals surface area contributed by atoms with E-state index in [4.69, 9.17) is 0 Å². The fraction of sp³-hybridized carbons (Fsp3) is 0.190. The maximum absolute atomic E-state index is 14.4. The second kappa shape index (κ2) is 6.75. The average Bonchev–Trinajstić information content (AvgIpc) is 3.14. The van der Waals surface area contributed by atoms with Gasteiger partial charge in [0.05, 0.1) is 0 Å². The van der Waals surface area contributed by atoms with Crippen LogP contribution in [0.25, 0.3) is 10.8 Å². The van der Waals surface area contributed by atoms with Gasteiger partial charge in [-0.15, -0.1) is 0 Å². The van der Waals surface area contributed by atoms with Crippen molar-refractivity contribution in [2.45, 2.75) is 12.8 Å². The third-order valence-corrected chi connectivity index (χ3v) is 4.73. The van der Waals surface area contributed by atoms with E-state index in [1.165, 1.54) is 12.1 Å². The summed E-state index contributed by atoms with van der Waals surface area (Å²) < 4.78 is 28.9. The van der Waals surface area contributed by atoms with Crippen LogP contribution in [0.1, 0.15) is 23.2 Å². The average molecular weight is 352 g/mol. The number of hydrogen-bond acceptors (Lipinski definition) is 2. The summed E-state index contributed by atoms with van der Waals surface area (Å²) in [5, 5.41) is 4.34. The van der Waals surface area contributed by atoms with E-state index >= 15 is 0 Å². The van der Waals surface area contributed by atoms with Crippen LogP contribution in [0.4, 0.5) is 20.2 Å². The van der Waals surface area contributed by atoms with Gasteiger partial charge in [0.1, 0.15) is 5.69 Å². The molecular formula is C21H18F2N2O. The SMILES string of the molecule is O=C(Nc1cc(F)c(N2CCCC2)c(F)c1)c1cccc2ccccc12. The maximum atomic E-state index is 14.4. The van der Waals surface area contributed by atoms with Crippen molar-refractivity contribution in [3.8, 4) is 0 Å². The minimum atomic E-state index is -0.653. The second-order valence-corrected chi connectivity index (χ2v) is 6.46. The summed E-state index contributed by atoms with van der Waals surface area (Å²) in [6, 6.07) is 15.3. The van der Waals surface area contributed by atoms with E-state index in [0.717, 1.165) is 23.6 Å². The van der Waals surface area contributed by atoms with Gasteiger partial charge < -0.3 is 10.2 Å². The van der Waals surface area contributed by atoms with Crippen molar-refractivity contribution in [2.24, 2.45) is 0 Å². The lowest BCUT2D eigenvalue weighted by Gasteiger charge is -2.20. The molecule has 4 rings (SSSR count). The van der Waals surface area contributed by atoms with Crippen LogP contribution in [-0.4, -0.2) is 19.0 Å². The van der Waals surface area contributed by atoms with Gasteiger partial charge in [-0.05, 0) is 41.8 Å². The molecule has 0 radical (unpaired) electrons. The van der Waals surface area contributed by atoms with Crippen molar-refractivity contribution in [3.63, 3.8) is 0 Å². The van der Waals surface area contributed by atoms with Gasteiger partial charge in [-0.3, -0.25) is 4.79 Å². The van der Waals surface area contributed by atoms with E-state index < -0.39 is 17.5 Å². The number of anilines is 2. The third-order valence-electron chi connectivity index (χ3n) is 4.73. The highest BCUT2D eigenvalue weighted by atomic mass is 19.1. The minimum absolute atomic E-state index is 0.00865. The first-order valence-electron chi connectivity index (χ1n) is 8.66. The normalized spacial score (nSPS) is 14.0. The Morgan fingerprint density at radius 3 is 2.31 bits per heavy atom. The Balaban J connectivity index is 1.63. The van der Waals surface area contributed by atoms with Crippen LogP contribution in [0, 0.1) is 11.6 Å². The van der Waals surface area contributed by atoms with Crippen molar-refractivity contribution < 1.29 is 13.6 Å². The molecule has 3 aromatic rings. The number of nitrogens with one attached hydrogen (secondary N) is 1. The summed E-state index contributed by atoms with van der Waals surface area (Å²) in [5.41, 5.74) is 0.569. The predicted octanol–water partition coefficient (Wildman–Crippen LogP) is 4.97. The van der Waals surface area contributed by atoms with Gasteiger partial charge in [0.2, 0.25) is 0 Å². The van der Waals surface area contributed by atoms with Crippen LogP contribution in [0.2, 0.25) is 0 Å². The summed E-state index contributed by atoms with van der Waals surface area (Å²) in [7, 11) is 0. The van der Waals surface area contributed by atoms with E-state index in [1.807, 2.05) is 30.3 Å². The Hall–Kier alpha value is -2.95. The highest BCUT2D eigenvalue weighted by Crippen LogP contribution is 2.30. The molecule has 26 heavy (non-hydrogen) atoms. The summed E-state index contributed by atoms with van der Waals surface area (Å²) >= 11 is 0. The lowest BCUT2D eigenvalue weighted by molar-refractivity contribution is 0.102. The number of carbonyl (C=O) groups is 1. The zero-order chi connectivity index (χ0) is 18.1. The zero-order valence-electron chi connectivity index (χ0n) is 14.1. The summed E-state index contributed by atoms with van der Waals surface area (Å²) in [5.74, 6) is -1.70. The molecule has 0 saturated carbocycles. The largest absolute Gasteiger partial charge is 0.367 e. The van der Waals surface area contributed by atoms with Gasteiger partial charge in [-0.25, -0.2) is 8.78 Å². The standard InChI is InChI=1S/C21H18F2N2O/c22-18-12-15(13-19(23)20(18)25-10-3-4-11-25)24-21(26)17-9-5-7-14-6-1-2-8-16(14)17/h1-2,5-9,12-13H,3-4,10-11H2,(H,24,26). The lowest BCUT2D eigenvalue weighted by Crippen LogP contribution is -2.21. The smallest absolute Gasteiger partial charge is 0.256 e. The van der Waals surface area contributed by atoms with Crippen LogP contribution in [0.5, 0.6) is 0 Å². The lowest BCUT2D eigenvalue weighted by atomic mass is 10.0. The minimum Gasteiger partial charge on any atom is -0.367 e. The Morgan fingerprint density at radius 1 is 0.923 bits per heavy atom. The number of halogens is 2. The molecule has 1 aliphatic heterocycles. The number of nitrogens with zero attached hydrogens (tertiary/aromatic N) is 1. The molecule has 5 heteroatoms. The van der Waals surface area contributed by atoms with E-state index in [-0.39, 0.29) is 11.4 Å². The Labute approximate surface area is 150 Å². The first-order chi connectivity index (χ1) is 12.6. The van der Waals surface area contributed by atoms with Crippen molar-refractivity contribution in [2.75, 3.05) is 23.3 Å². The van der Waals surface area contributed by atoms with Crippen molar-refractivity contribution in [1.82, 2.24) is 0 Å². The summed E-state index contributed by atoms with van der Waals surface area (Å²) in [4.78, 5) is 14.3. The van der Waals surface area contributed by atoms with E-state index in [2.05, 4.69) is 5.32 Å². The van der Waals surface area contributed by atoms with Crippen molar-refractivity contribution in [1.29, 1.82) is 0 Å². The second-order valence-electron chi connectivity index (χ2n) is 6.46. The van der Waals surface area contributed by atoms with Crippen LogP contribution >= 0.6 is 0 Å². The quantitative estimate of drug-likeness (QED) is 0.722. The van der Waals surface area contributed by atoms with Crippen LogP contribution in [-0.2, 0) is 0 Å². The summed E-state index contributed by atoms with van der Waals surface area (Å²) in [6.45, 7) is 1.30. The molecule has 0 aliphatic carbocycles. The number of fused-ring (bicyclic) bond motifs is 1. The molecule has 132 valence electrons. The fourth-order valence-electron chi connectivity index (χ4n) is 3.50. The van der Waals surface area contributed by atoms with Gasteiger partial charge in [0.15, 0.2) is 11.6 Å². The highest BCUT2D eigenvalue weighted by molar-refractivity contribution is 6.12. The van der Waals surface area contributed by atoms with Crippen molar-refractivity contribution >= 4 is 28.1 Å². The van der Waals surface area contributed by atoms with Crippen LogP contribution in [0.15, 0.2) is 54.6 Å². The van der Waals surface area contributed by atoms with Gasteiger partial charge in [-0.1, -0.05) is 36.4 Å². The molecule has 0 unspecified atom stereocenters. The topological polar surface area (TPSA) is 32.3 Å². The molecule has 3 nitrogen and oxygen atoms in total. The molecule has 0 aromatic heterocycles.